The van der Waals surface area contributed by atoms with E-state index in [-0.39, 0.29) is 11.1 Å². The number of nitriles is 3. The second-order valence-electron chi connectivity index (χ2n) is 4.00. The predicted molar refractivity (Wildman–Crippen MR) is 73.4 cm³/mol. The summed E-state index contributed by atoms with van der Waals surface area (Å²) in [6.45, 7) is 3.94. The number of rotatable bonds is 3. The van der Waals surface area contributed by atoms with Gasteiger partial charge in [0.25, 0.3) is 0 Å². The first kappa shape index (κ1) is 14.3. The molecule has 0 bridgehead atoms. The van der Waals surface area contributed by atoms with Gasteiger partial charge in [-0.1, -0.05) is 13.8 Å². The van der Waals surface area contributed by atoms with E-state index in [1.807, 2.05) is 19.9 Å². The second kappa shape index (κ2) is 6.24. The van der Waals surface area contributed by atoms with Gasteiger partial charge in [0, 0.05) is 5.69 Å². The number of nitrogen functional groups attached to an aromatic ring is 1. The third-order valence-electron chi connectivity index (χ3n) is 2.99. The molecule has 0 fully saturated rings. The standard InChI is InChI=1S/C15H14N4/c1-3-10-5-12(6-11(4-2)15(10)19)14(9-18)13(7-16)8-17/h5-6H,3-4,19H2,1-2H3. The van der Waals surface area contributed by atoms with Crippen molar-refractivity contribution in [1.29, 1.82) is 15.8 Å². The normalized spacial score (nSPS) is 9.00. The van der Waals surface area contributed by atoms with Crippen molar-refractivity contribution in [3.05, 3.63) is 34.4 Å². The van der Waals surface area contributed by atoms with Crippen LogP contribution in [0.2, 0.25) is 0 Å². The number of hydrogen-bond donors (Lipinski definition) is 1. The highest BCUT2D eigenvalue weighted by Crippen LogP contribution is 2.27. The van der Waals surface area contributed by atoms with Gasteiger partial charge in [-0.25, -0.2) is 0 Å². The number of allylic oxidation sites excluding steroid dienone is 2. The van der Waals surface area contributed by atoms with Gasteiger partial charge in [-0.2, -0.15) is 15.8 Å². The molecule has 0 aliphatic carbocycles. The lowest BCUT2D eigenvalue weighted by molar-refractivity contribution is 1.09. The summed E-state index contributed by atoms with van der Waals surface area (Å²) >= 11 is 0. The Morgan fingerprint density at radius 2 is 1.47 bits per heavy atom. The summed E-state index contributed by atoms with van der Waals surface area (Å²) in [5.74, 6) is 0. The molecule has 4 nitrogen and oxygen atoms in total. The lowest BCUT2D eigenvalue weighted by Crippen LogP contribution is -2.01. The molecule has 0 saturated heterocycles. The molecule has 0 amide bonds. The van der Waals surface area contributed by atoms with Crippen LogP contribution in [0.15, 0.2) is 17.7 Å². The van der Waals surface area contributed by atoms with E-state index in [0.29, 0.717) is 5.56 Å². The molecule has 2 N–H and O–H groups in total. The molecule has 19 heavy (non-hydrogen) atoms. The molecule has 94 valence electrons. The number of nitrogens with zero attached hydrogens (tertiary/aromatic N) is 3. The summed E-state index contributed by atoms with van der Waals surface area (Å²) in [6.07, 6.45) is 1.47. The summed E-state index contributed by atoms with van der Waals surface area (Å²) in [4.78, 5) is 0. The molecule has 0 aromatic heterocycles. The van der Waals surface area contributed by atoms with Crippen molar-refractivity contribution in [2.24, 2.45) is 0 Å². The number of nitrogens with two attached hydrogens (primary N) is 1. The second-order valence-corrected chi connectivity index (χ2v) is 4.00. The third-order valence-corrected chi connectivity index (χ3v) is 2.99. The zero-order valence-corrected chi connectivity index (χ0v) is 11.0. The Balaban J connectivity index is 3.62. The van der Waals surface area contributed by atoms with Crippen LogP contribution in [0.5, 0.6) is 0 Å². The molecule has 1 aromatic rings. The lowest BCUT2D eigenvalue weighted by atomic mass is 9.94. The topological polar surface area (TPSA) is 97.4 Å². The quantitative estimate of drug-likeness (QED) is 0.658. The fourth-order valence-electron chi connectivity index (χ4n) is 1.91. The highest BCUT2D eigenvalue weighted by molar-refractivity contribution is 5.85. The average molecular weight is 250 g/mol. The minimum atomic E-state index is -0.170. The minimum Gasteiger partial charge on any atom is -0.398 e. The fourth-order valence-corrected chi connectivity index (χ4v) is 1.91. The van der Waals surface area contributed by atoms with Crippen LogP contribution in [0.4, 0.5) is 5.69 Å². The molecule has 1 rings (SSSR count). The number of aryl methyl sites for hydroxylation is 2. The summed E-state index contributed by atoms with van der Waals surface area (Å²) in [5, 5.41) is 26.9. The van der Waals surface area contributed by atoms with E-state index in [2.05, 4.69) is 0 Å². The van der Waals surface area contributed by atoms with Gasteiger partial charge in [-0.15, -0.1) is 0 Å². The molecule has 0 unspecified atom stereocenters. The molecule has 0 aliphatic rings. The van der Waals surface area contributed by atoms with E-state index in [9.17, 15) is 0 Å². The van der Waals surface area contributed by atoms with Gasteiger partial charge in [0.15, 0.2) is 0 Å². The molecular weight excluding hydrogens is 236 g/mol. The van der Waals surface area contributed by atoms with E-state index in [0.717, 1.165) is 29.7 Å². The Morgan fingerprint density at radius 1 is 1.00 bits per heavy atom. The monoisotopic (exact) mass is 250 g/mol. The van der Waals surface area contributed by atoms with Gasteiger partial charge >= 0.3 is 0 Å². The maximum atomic E-state index is 9.17. The molecule has 0 radical (unpaired) electrons. The maximum Gasteiger partial charge on any atom is 0.148 e. The minimum absolute atomic E-state index is 0.106. The summed E-state index contributed by atoms with van der Waals surface area (Å²) in [7, 11) is 0. The van der Waals surface area contributed by atoms with Gasteiger partial charge in [0.05, 0.1) is 5.57 Å². The number of hydrogen-bond acceptors (Lipinski definition) is 4. The zero-order chi connectivity index (χ0) is 14.4. The van der Waals surface area contributed by atoms with E-state index in [4.69, 9.17) is 21.5 Å². The van der Waals surface area contributed by atoms with E-state index in [1.54, 1.807) is 24.3 Å². The largest absolute Gasteiger partial charge is 0.398 e. The molecule has 4 heteroatoms. The van der Waals surface area contributed by atoms with Crippen molar-refractivity contribution in [2.45, 2.75) is 26.7 Å². The van der Waals surface area contributed by atoms with Crippen LogP contribution >= 0.6 is 0 Å². The number of benzene rings is 1. The Hall–Kier alpha value is -2.77. The van der Waals surface area contributed by atoms with Crippen LogP contribution in [0.25, 0.3) is 5.57 Å². The average Bonchev–Trinajstić information content (AvgIpc) is 2.45. The van der Waals surface area contributed by atoms with Crippen LogP contribution in [-0.2, 0) is 12.8 Å². The van der Waals surface area contributed by atoms with Crippen molar-refractivity contribution in [2.75, 3.05) is 5.73 Å². The summed E-state index contributed by atoms with van der Waals surface area (Å²) in [6, 6.07) is 9.01. The van der Waals surface area contributed by atoms with Gasteiger partial charge in [-0.05, 0) is 41.7 Å². The van der Waals surface area contributed by atoms with E-state index >= 15 is 0 Å². The molecule has 0 atom stereocenters. The Morgan fingerprint density at radius 3 is 1.79 bits per heavy atom. The SMILES string of the molecule is CCc1cc(C(C#N)=C(C#N)C#N)cc(CC)c1N. The molecule has 0 aliphatic heterocycles. The third kappa shape index (κ3) is 2.73. The molecule has 0 saturated carbocycles. The maximum absolute atomic E-state index is 9.17. The lowest BCUT2D eigenvalue weighted by Gasteiger charge is -2.11. The summed E-state index contributed by atoms with van der Waals surface area (Å²) < 4.78 is 0. The Labute approximate surface area is 113 Å². The number of anilines is 1. The van der Waals surface area contributed by atoms with Crippen LogP contribution in [0.1, 0.15) is 30.5 Å². The first-order chi connectivity index (χ1) is 9.12. The van der Waals surface area contributed by atoms with Crippen molar-refractivity contribution in [3.63, 3.8) is 0 Å². The molecular formula is C15H14N4. The Bertz CT molecular complexity index is 607. The Kier molecular flexibility index (Phi) is 4.69. The molecule has 0 heterocycles. The van der Waals surface area contributed by atoms with Crippen LogP contribution in [0.3, 0.4) is 0 Å². The van der Waals surface area contributed by atoms with Crippen LogP contribution < -0.4 is 5.73 Å². The summed E-state index contributed by atoms with van der Waals surface area (Å²) in [5.41, 5.74) is 9.13. The van der Waals surface area contributed by atoms with Crippen LogP contribution in [-0.4, -0.2) is 0 Å². The first-order valence-electron chi connectivity index (χ1n) is 5.99. The molecule has 1 aromatic carbocycles. The van der Waals surface area contributed by atoms with Gasteiger partial charge in [0.2, 0.25) is 0 Å². The van der Waals surface area contributed by atoms with Crippen molar-refractivity contribution in [1.82, 2.24) is 0 Å². The highest BCUT2D eigenvalue weighted by atomic mass is 14.6. The van der Waals surface area contributed by atoms with Gasteiger partial charge in [0.1, 0.15) is 23.8 Å². The zero-order valence-electron chi connectivity index (χ0n) is 11.0. The van der Waals surface area contributed by atoms with Gasteiger partial charge < -0.3 is 5.73 Å². The fraction of sp³-hybridized carbons (Fsp3) is 0.267. The van der Waals surface area contributed by atoms with E-state index in [1.165, 1.54) is 0 Å². The highest BCUT2D eigenvalue weighted by Gasteiger charge is 2.13. The van der Waals surface area contributed by atoms with Crippen LogP contribution in [0, 0.1) is 34.0 Å². The first-order valence-corrected chi connectivity index (χ1v) is 5.99. The van der Waals surface area contributed by atoms with Crippen molar-refractivity contribution < 1.29 is 0 Å². The van der Waals surface area contributed by atoms with Crippen molar-refractivity contribution >= 4 is 11.3 Å². The predicted octanol–water partition coefficient (Wildman–Crippen LogP) is 2.72. The van der Waals surface area contributed by atoms with Crippen molar-refractivity contribution in [3.8, 4) is 18.2 Å². The molecule has 0 spiro atoms. The smallest absolute Gasteiger partial charge is 0.148 e. The van der Waals surface area contributed by atoms with Gasteiger partial charge in [-0.3, -0.25) is 0 Å². The van der Waals surface area contributed by atoms with E-state index < -0.39 is 0 Å².